The van der Waals surface area contributed by atoms with Crippen LogP contribution >= 0.6 is 0 Å². The monoisotopic (exact) mass is 231 g/mol. The Morgan fingerprint density at radius 2 is 2.12 bits per heavy atom. The summed E-state index contributed by atoms with van der Waals surface area (Å²) in [5, 5.41) is 1.29. The highest BCUT2D eigenvalue weighted by Gasteiger charge is 2.08. The second kappa shape index (κ2) is 5.26. The van der Waals surface area contributed by atoms with Crippen LogP contribution in [0.15, 0.2) is 24.4 Å². The van der Waals surface area contributed by atoms with Gasteiger partial charge in [0.15, 0.2) is 0 Å². The molecule has 17 heavy (non-hydrogen) atoms. The number of aromatic amines is 1. The average Bonchev–Trinajstić information content (AvgIpc) is 2.72. The zero-order valence-electron chi connectivity index (χ0n) is 10.9. The molecule has 0 saturated carbocycles. The van der Waals surface area contributed by atoms with E-state index in [9.17, 15) is 0 Å². The molecule has 0 amide bonds. The fourth-order valence-corrected chi connectivity index (χ4v) is 2.02. The fraction of sp³-hybridized carbons (Fsp3) is 0.467. The molecule has 0 bridgehead atoms. The first-order chi connectivity index (χ1) is 8.22. The zero-order valence-corrected chi connectivity index (χ0v) is 10.9. The van der Waals surface area contributed by atoms with Gasteiger partial charge in [-0.3, -0.25) is 0 Å². The van der Waals surface area contributed by atoms with E-state index in [0.29, 0.717) is 5.92 Å². The summed E-state index contributed by atoms with van der Waals surface area (Å²) in [4.78, 5) is 3.31. The summed E-state index contributed by atoms with van der Waals surface area (Å²) in [5.74, 6) is 1.52. The van der Waals surface area contributed by atoms with Gasteiger partial charge >= 0.3 is 0 Å². The summed E-state index contributed by atoms with van der Waals surface area (Å²) in [6, 6.07) is 6.29. The van der Waals surface area contributed by atoms with Gasteiger partial charge in [-0.1, -0.05) is 27.2 Å². The van der Waals surface area contributed by atoms with Gasteiger partial charge in [-0.25, -0.2) is 0 Å². The lowest BCUT2D eigenvalue weighted by Gasteiger charge is -2.07. The third kappa shape index (κ3) is 2.63. The van der Waals surface area contributed by atoms with Gasteiger partial charge in [0.2, 0.25) is 0 Å². The Morgan fingerprint density at radius 3 is 2.82 bits per heavy atom. The van der Waals surface area contributed by atoms with E-state index < -0.39 is 0 Å². The number of rotatable bonds is 5. The van der Waals surface area contributed by atoms with Crippen molar-refractivity contribution in [2.45, 2.75) is 39.5 Å². The van der Waals surface area contributed by atoms with Gasteiger partial charge in [-0.2, -0.15) is 0 Å². The Bertz CT molecular complexity index is 485. The molecule has 0 saturated heterocycles. The molecule has 2 heteroatoms. The van der Waals surface area contributed by atoms with Crippen molar-refractivity contribution in [2.24, 2.45) is 0 Å². The minimum absolute atomic E-state index is 0.537. The van der Waals surface area contributed by atoms with Crippen LogP contribution in [0.5, 0.6) is 5.75 Å². The summed E-state index contributed by atoms with van der Waals surface area (Å²) in [7, 11) is 0. The molecular formula is C15H21NO. The molecule has 0 spiro atoms. The maximum absolute atomic E-state index is 5.74. The lowest BCUT2D eigenvalue weighted by atomic mass is 10.0. The molecule has 1 aromatic heterocycles. The van der Waals surface area contributed by atoms with Crippen LogP contribution in [0.1, 0.15) is 45.1 Å². The molecule has 92 valence electrons. The lowest BCUT2D eigenvalue weighted by Crippen LogP contribution is -1.96. The predicted molar refractivity (Wildman–Crippen MR) is 72.8 cm³/mol. The summed E-state index contributed by atoms with van der Waals surface area (Å²) in [5.41, 5.74) is 2.55. The summed E-state index contributed by atoms with van der Waals surface area (Å²) in [6.45, 7) is 7.42. The fourth-order valence-electron chi connectivity index (χ4n) is 2.02. The van der Waals surface area contributed by atoms with Crippen molar-refractivity contribution in [3.8, 4) is 5.75 Å². The van der Waals surface area contributed by atoms with Crippen LogP contribution in [-0.4, -0.2) is 11.6 Å². The summed E-state index contributed by atoms with van der Waals surface area (Å²) in [6.07, 6.45) is 4.39. The van der Waals surface area contributed by atoms with Crippen molar-refractivity contribution in [1.82, 2.24) is 4.98 Å². The summed E-state index contributed by atoms with van der Waals surface area (Å²) >= 11 is 0. The minimum Gasteiger partial charge on any atom is -0.494 e. The third-order valence-electron chi connectivity index (χ3n) is 3.07. The van der Waals surface area contributed by atoms with Crippen molar-refractivity contribution < 1.29 is 4.74 Å². The van der Waals surface area contributed by atoms with E-state index >= 15 is 0 Å². The Labute approximate surface area is 103 Å². The molecule has 1 aromatic carbocycles. The number of hydrogen-bond donors (Lipinski definition) is 1. The van der Waals surface area contributed by atoms with E-state index in [1.165, 1.54) is 22.9 Å². The van der Waals surface area contributed by atoms with Gasteiger partial charge < -0.3 is 9.72 Å². The zero-order chi connectivity index (χ0) is 12.3. The van der Waals surface area contributed by atoms with Gasteiger partial charge in [0.1, 0.15) is 5.75 Å². The van der Waals surface area contributed by atoms with Crippen molar-refractivity contribution in [1.29, 1.82) is 0 Å². The maximum atomic E-state index is 5.74. The second-order valence-corrected chi connectivity index (χ2v) is 4.81. The Morgan fingerprint density at radius 1 is 1.29 bits per heavy atom. The second-order valence-electron chi connectivity index (χ2n) is 4.81. The molecule has 1 N–H and O–H groups in total. The largest absolute Gasteiger partial charge is 0.494 e. The standard InChI is InChI=1S/C15H21NO/c1-4-5-8-17-12-6-7-15-13(9-12)14(10-16-15)11(2)3/h6-7,9-11,16H,4-5,8H2,1-3H3. The number of nitrogens with one attached hydrogen (secondary N) is 1. The number of fused-ring (bicyclic) bond motifs is 1. The van der Waals surface area contributed by atoms with Gasteiger partial charge in [0.25, 0.3) is 0 Å². The van der Waals surface area contributed by atoms with Gasteiger partial charge in [-0.05, 0) is 36.1 Å². The average molecular weight is 231 g/mol. The van der Waals surface area contributed by atoms with Crippen LogP contribution in [0, 0.1) is 0 Å². The summed E-state index contributed by atoms with van der Waals surface area (Å²) < 4.78 is 5.74. The van der Waals surface area contributed by atoms with Crippen LogP contribution in [0.25, 0.3) is 10.9 Å². The number of H-pyrrole nitrogens is 1. The van der Waals surface area contributed by atoms with Crippen LogP contribution < -0.4 is 4.74 Å². The highest BCUT2D eigenvalue weighted by Crippen LogP contribution is 2.28. The van der Waals surface area contributed by atoms with E-state index in [2.05, 4.69) is 44.1 Å². The molecule has 0 fully saturated rings. The van der Waals surface area contributed by atoms with Crippen LogP contribution in [0.4, 0.5) is 0 Å². The first kappa shape index (κ1) is 12.0. The van der Waals surface area contributed by atoms with Crippen molar-refractivity contribution >= 4 is 10.9 Å². The molecule has 0 aliphatic rings. The van der Waals surface area contributed by atoms with Crippen LogP contribution in [-0.2, 0) is 0 Å². The Kier molecular flexibility index (Phi) is 3.72. The van der Waals surface area contributed by atoms with Crippen LogP contribution in [0.2, 0.25) is 0 Å². The van der Waals surface area contributed by atoms with E-state index in [1.54, 1.807) is 0 Å². The number of benzene rings is 1. The van der Waals surface area contributed by atoms with E-state index in [-0.39, 0.29) is 0 Å². The van der Waals surface area contributed by atoms with Gasteiger partial charge in [-0.15, -0.1) is 0 Å². The topological polar surface area (TPSA) is 25.0 Å². The predicted octanol–water partition coefficient (Wildman–Crippen LogP) is 4.47. The number of unbranched alkanes of at least 4 members (excludes halogenated alkanes) is 1. The lowest BCUT2D eigenvalue weighted by molar-refractivity contribution is 0.310. The minimum atomic E-state index is 0.537. The smallest absolute Gasteiger partial charge is 0.120 e. The normalized spacial score (nSPS) is 11.3. The van der Waals surface area contributed by atoms with Crippen LogP contribution in [0.3, 0.4) is 0 Å². The Balaban J connectivity index is 2.25. The molecule has 2 rings (SSSR count). The quantitative estimate of drug-likeness (QED) is 0.754. The van der Waals surface area contributed by atoms with Crippen molar-refractivity contribution in [3.63, 3.8) is 0 Å². The molecule has 0 aliphatic heterocycles. The Hall–Kier alpha value is -1.44. The van der Waals surface area contributed by atoms with E-state index in [4.69, 9.17) is 4.74 Å². The molecule has 2 nitrogen and oxygen atoms in total. The van der Waals surface area contributed by atoms with E-state index in [0.717, 1.165) is 18.8 Å². The highest BCUT2D eigenvalue weighted by molar-refractivity contribution is 5.85. The van der Waals surface area contributed by atoms with E-state index in [1.807, 2.05) is 6.07 Å². The molecule has 0 aliphatic carbocycles. The molecule has 0 atom stereocenters. The van der Waals surface area contributed by atoms with Gasteiger partial charge in [0.05, 0.1) is 6.61 Å². The number of aromatic nitrogens is 1. The first-order valence-electron chi connectivity index (χ1n) is 6.46. The third-order valence-corrected chi connectivity index (χ3v) is 3.07. The van der Waals surface area contributed by atoms with Crippen molar-refractivity contribution in [3.05, 3.63) is 30.0 Å². The maximum Gasteiger partial charge on any atom is 0.120 e. The first-order valence-corrected chi connectivity index (χ1v) is 6.46. The number of hydrogen-bond acceptors (Lipinski definition) is 1. The highest BCUT2D eigenvalue weighted by atomic mass is 16.5. The molecular weight excluding hydrogens is 210 g/mol. The molecule has 0 radical (unpaired) electrons. The van der Waals surface area contributed by atoms with Gasteiger partial charge in [0, 0.05) is 17.1 Å². The SMILES string of the molecule is CCCCOc1ccc2[nH]cc(C(C)C)c2c1. The molecule has 0 unspecified atom stereocenters. The molecule has 1 heterocycles. The molecule has 2 aromatic rings. The number of ether oxygens (including phenoxy) is 1. The van der Waals surface area contributed by atoms with Crippen molar-refractivity contribution in [2.75, 3.05) is 6.61 Å².